The van der Waals surface area contributed by atoms with Crippen molar-refractivity contribution in [1.29, 1.82) is 0 Å². The number of nitrogens with zero attached hydrogens (tertiary/aromatic N) is 2. The molecule has 1 aliphatic heterocycles. The predicted octanol–water partition coefficient (Wildman–Crippen LogP) is 0.647. The molecule has 0 atom stereocenters. The first-order valence-corrected chi connectivity index (χ1v) is 8.80. The Morgan fingerprint density at radius 1 is 1.09 bits per heavy atom. The molecular weight excluding hydrogens is 302 g/mol. The van der Waals surface area contributed by atoms with Crippen LogP contribution in [-0.2, 0) is 14.8 Å². The maximum Gasteiger partial charge on any atom is 0.243 e. The van der Waals surface area contributed by atoms with Crippen LogP contribution in [0.3, 0.4) is 0 Å². The molecule has 6 nitrogen and oxygen atoms in total. The van der Waals surface area contributed by atoms with Gasteiger partial charge in [-0.1, -0.05) is 18.2 Å². The Morgan fingerprint density at radius 3 is 2.32 bits per heavy atom. The second kappa shape index (κ2) is 6.36. The molecule has 0 bridgehead atoms. The minimum atomic E-state index is -3.51. The molecule has 7 heteroatoms. The van der Waals surface area contributed by atoms with Crippen molar-refractivity contribution in [3.8, 4) is 0 Å². The molecule has 0 spiro atoms. The van der Waals surface area contributed by atoms with Crippen molar-refractivity contribution in [2.75, 3.05) is 26.2 Å². The van der Waals surface area contributed by atoms with Crippen molar-refractivity contribution >= 4 is 15.9 Å². The number of carbonyl (C=O) groups excluding carboxylic acids is 1. The van der Waals surface area contributed by atoms with E-state index in [0.29, 0.717) is 32.6 Å². The van der Waals surface area contributed by atoms with Crippen LogP contribution < -0.4 is 5.73 Å². The van der Waals surface area contributed by atoms with Crippen LogP contribution in [0.1, 0.15) is 20.3 Å². The molecule has 0 aliphatic carbocycles. The van der Waals surface area contributed by atoms with Gasteiger partial charge in [-0.25, -0.2) is 8.42 Å². The van der Waals surface area contributed by atoms with E-state index in [1.54, 1.807) is 49.1 Å². The summed E-state index contributed by atoms with van der Waals surface area (Å²) in [6, 6.07) is 8.37. The number of hydrogen-bond donors (Lipinski definition) is 1. The molecule has 1 aromatic rings. The fourth-order valence-corrected chi connectivity index (χ4v) is 3.98. The van der Waals surface area contributed by atoms with Gasteiger partial charge >= 0.3 is 0 Å². The van der Waals surface area contributed by atoms with Gasteiger partial charge in [-0.15, -0.1) is 0 Å². The quantitative estimate of drug-likeness (QED) is 0.884. The molecule has 0 aromatic heterocycles. The minimum absolute atomic E-state index is 0.147. The lowest BCUT2D eigenvalue weighted by Crippen LogP contribution is -2.52. The molecule has 2 rings (SSSR count). The molecule has 122 valence electrons. The van der Waals surface area contributed by atoms with Crippen LogP contribution in [0, 0.1) is 0 Å². The molecule has 1 fully saturated rings. The molecule has 1 aromatic carbocycles. The summed E-state index contributed by atoms with van der Waals surface area (Å²) in [6.07, 6.45) is 0.605. The third kappa shape index (κ3) is 3.66. The molecule has 1 heterocycles. The molecule has 1 saturated heterocycles. The maximum atomic E-state index is 12.6. The number of hydrogen-bond acceptors (Lipinski definition) is 4. The SMILES string of the molecule is CC(C)(N)C(=O)N1CCCN(S(=O)(=O)c2ccccc2)CC1. The zero-order chi connectivity index (χ0) is 16.4. The van der Waals surface area contributed by atoms with Crippen molar-refractivity contribution in [2.24, 2.45) is 5.73 Å². The Hall–Kier alpha value is -1.44. The zero-order valence-electron chi connectivity index (χ0n) is 13.0. The van der Waals surface area contributed by atoms with E-state index in [1.165, 1.54) is 4.31 Å². The van der Waals surface area contributed by atoms with Gasteiger partial charge in [0.05, 0.1) is 10.4 Å². The highest BCUT2D eigenvalue weighted by Crippen LogP contribution is 2.18. The standard InChI is InChI=1S/C15H23N3O3S/c1-15(2,16)14(19)17-9-6-10-18(12-11-17)22(20,21)13-7-4-3-5-8-13/h3-5,7-8H,6,9-12,16H2,1-2H3. The van der Waals surface area contributed by atoms with E-state index in [9.17, 15) is 13.2 Å². The molecule has 0 unspecified atom stereocenters. The largest absolute Gasteiger partial charge is 0.340 e. The fraction of sp³-hybridized carbons (Fsp3) is 0.533. The Morgan fingerprint density at radius 2 is 1.73 bits per heavy atom. The molecule has 1 amide bonds. The number of carbonyl (C=O) groups is 1. The monoisotopic (exact) mass is 325 g/mol. The van der Waals surface area contributed by atoms with Crippen LogP contribution in [0.4, 0.5) is 0 Å². The van der Waals surface area contributed by atoms with E-state index in [-0.39, 0.29) is 10.8 Å². The van der Waals surface area contributed by atoms with E-state index in [1.807, 2.05) is 0 Å². The van der Waals surface area contributed by atoms with Crippen LogP contribution in [-0.4, -0.2) is 55.2 Å². The number of amides is 1. The van der Waals surface area contributed by atoms with Gasteiger partial charge < -0.3 is 10.6 Å². The maximum absolute atomic E-state index is 12.6. The smallest absolute Gasteiger partial charge is 0.243 e. The molecule has 1 aliphatic rings. The topological polar surface area (TPSA) is 83.7 Å². The van der Waals surface area contributed by atoms with Crippen molar-refractivity contribution in [2.45, 2.75) is 30.7 Å². The van der Waals surface area contributed by atoms with Crippen molar-refractivity contribution in [3.05, 3.63) is 30.3 Å². The predicted molar refractivity (Wildman–Crippen MR) is 84.7 cm³/mol. The van der Waals surface area contributed by atoms with Gasteiger partial charge in [-0.2, -0.15) is 4.31 Å². The van der Waals surface area contributed by atoms with E-state index >= 15 is 0 Å². The third-order valence-electron chi connectivity index (χ3n) is 3.67. The highest BCUT2D eigenvalue weighted by atomic mass is 32.2. The molecule has 0 saturated carbocycles. The first-order chi connectivity index (χ1) is 10.2. The van der Waals surface area contributed by atoms with Crippen molar-refractivity contribution in [3.63, 3.8) is 0 Å². The lowest BCUT2D eigenvalue weighted by Gasteiger charge is -2.28. The van der Waals surface area contributed by atoms with Crippen LogP contribution in [0.5, 0.6) is 0 Å². The lowest BCUT2D eigenvalue weighted by atomic mass is 10.1. The van der Waals surface area contributed by atoms with Crippen LogP contribution >= 0.6 is 0 Å². The van der Waals surface area contributed by atoms with Gasteiger partial charge in [0.2, 0.25) is 15.9 Å². The second-order valence-corrected chi connectivity index (χ2v) is 8.02. The van der Waals surface area contributed by atoms with E-state index in [0.717, 1.165) is 0 Å². The summed E-state index contributed by atoms with van der Waals surface area (Å²) in [4.78, 5) is 14.2. The Balaban J connectivity index is 2.12. The van der Waals surface area contributed by atoms with E-state index in [4.69, 9.17) is 5.73 Å². The normalized spacial score (nSPS) is 18.0. The van der Waals surface area contributed by atoms with E-state index in [2.05, 4.69) is 0 Å². The summed E-state index contributed by atoms with van der Waals surface area (Å²) < 4.78 is 26.7. The summed E-state index contributed by atoms with van der Waals surface area (Å²) in [7, 11) is -3.51. The molecule has 2 N–H and O–H groups in total. The fourth-order valence-electron chi connectivity index (χ4n) is 2.49. The Labute approximate surface area is 131 Å². The Bertz CT molecular complexity index is 623. The minimum Gasteiger partial charge on any atom is -0.340 e. The van der Waals surface area contributed by atoms with Crippen LogP contribution in [0.25, 0.3) is 0 Å². The Kier molecular flexibility index (Phi) is 4.89. The van der Waals surface area contributed by atoms with Gasteiger partial charge in [-0.05, 0) is 32.4 Å². The van der Waals surface area contributed by atoms with Gasteiger partial charge in [-0.3, -0.25) is 4.79 Å². The van der Waals surface area contributed by atoms with Crippen molar-refractivity contribution < 1.29 is 13.2 Å². The van der Waals surface area contributed by atoms with Gasteiger partial charge in [0, 0.05) is 26.2 Å². The molecule has 0 radical (unpaired) electrons. The highest BCUT2D eigenvalue weighted by Gasteiger charge is 2.32. The van der Waals surface area contributed by atoms with Gasteiger partial charge in [0.15, 0.2) is 0 Å². The van der Waals surface area contributed by atoms with Gasteiger partial charge in [0.25, 0.3) is 0 Å². The first-order valence-electron chi connectivity index (χ1n) is 7.36. The van der Waals surface area contributed by atoms with Crippen LogP contribution in [0.15, 0.2) is 35.2 Å². The second-order valence-electron chi connectivity index (χ2n) is 6.08. The highest BCUT2D eigenvalue weighted by molar-refractivity contribution is 7.89. The molecular formula is C15H23N3O3S. The van der Waals surface area contributed by atoms with E-state index < -0.39 is 15.6 Å². The zero-order valence-corrected chi connectivity index (χ0v) is 13.8. The third-order valence-corrected chi connectivity index (χ3v) is 5.59. The van der Waals surface area contributed by atoms with Crippen LogP contribution in [0.2, 0.25) is 0 Å². The number of nitrogens with two attached hydrogens (primary N) is 1. The van der Waals surface area contributed by atoms with Gasteiger partial charge in [0.1, 0.15) is 0 Å². The number of sulfonamides is 1. The summed E-state index contributed by atoms with van der Waals surface area (Å²) in [6.45, 7) is 4.92. The number of rotatable bonds is 3. The average Bonchev–Trinajstić information content (AvgIpc) is 2.72. The lowest BCUT2D eigenvalue weighted by molar-refractivity contribution is -0.135. The average molecular weight is 325 g/mol. The summed E-state index contributed by atoms with van der Waals surface area (Å²) in [5.41, 5.74) is 4.91. The summed E-state index contributed by atoms with van der Waals surface area (Å²) in [5, 5.41) is 0. The summed E-state index contributed by atoms with van der Waals surface area (Å²) in [5.74, 6) is -0.147. The van der Waals surface area contributed by atoms with Crippen molar-refractivity contribution in [1.82, 2.24) is 9.21 Å². The first kappa shape index (κ1) is 16.9. The number of benzene rings is 1. The molecule has 22 heavy (non-hydrogen) atoms. The summed E-state index contributed by atoms with van der Waals surface area (Å²) >= 11 is 0.